The van der Waals surface area contributed by atoms with Crippen molar-refractivity contribution in [3.05, 3.63) is 41.7 Å². The summed E-state index contributed by atoms with van der Waals surface area (Å²) in [6, 6.07) is 8.24. The molecule has 2 aromatic heterocycles. The van der Waals surface area contributed by atoms with E-state index >= 15 is 0 Å². The Bertz CT molecular complexity index is 1410. The maximum Gasteiger partial charge on any atom is 0.270 e. The number of anilines is 1. The Balaban J connectivity index is 1.64. The molecule has 0 radical (unpaired) electrons. The van der Waals surface area contributed by atoms with Gasteiger partial charge in [-0.05, 0) is 44.2 Å². The van der Waals surface area contributed by atoms with Gasteiger partial charge in [-0.2, -0.15) is 5.10 Å². The lowest BCUT2D eigenvalue weighted by Gasteiger charge is -2.20. The number of hydrogen-bond donors (Lipinski definition) is 3. The largest absolute Gasteiger partial charge is 0.507 e. The summed E-state index contributed by atoms with van der Waals surface area (Å²) in [6.07, 6.45) is 2.97. The topological polar surface area (TPSA) is 108 Å². The third kappa shape index (κ3) is 3.71. The number of aryl methyl sites for hydroxylation is 2. The minimum absolute atomic E-state index is 0.0663. The molecule has 0 saturated carbocycles. The van der Waals surface area contributed by atoms with Crippen molar-refractivity contribution >= 4 is 33.4 Å². The zero-order chi connectivity index (χ0) is 24.0. The molecule has 5 rings (SSSR count). The van der Waals surface area contributed by atoms with Gasteiger partial charge in [-0.25, -0.2) is 9.97 Å². The van der Waals surface area contributed by atoms with Gasteiger partial charge in [0, 0.05) is 61.4 Å². The van der Waals surface area contributed by atoms with Crippen molar-refractivity contribution in [3.8, 4) is 17.1 Å². The molecule has 9 heteroatoms. The molecule has 1 aliphatic rings. The molecule has 176 valence electrons. The highest BCUT2D eigenvalue weighted by molar-refractivity contribution is 6.06. The van der Waals surface area contributed by atoms with E-state index in [4.69, 9.17) is 4.98 Å². The van der Waals surface area contributed by atoms with E-state index in [-0.39, 0.29) is 17.4 Å². The Morgan fingerprint density at radius 3 is 2.85 bits per heavy atom. The number of aromatic hydroxyl groups is 1. The van der Waals surface area contributed by atoms with Gasteiger partial charge in [0.05, 0.1) is 16.6 Å². The molecule has 34 heavy (non-hydrogen) atoms. The van der Waals surface area contributed by atoms with Gasteiger partial charge in [0.2, 0.25) is 0 Å². The summed E-state index contributed by atoms with van der Waals surface area (Å²) in [4.78, 5) is 24.5. The van der Waals surface area contributed by atoms with Crippen LogP contribution >= 0.6 is 0 Å². The van der Waals surface area contributed by atoms with Gasteiger partial charge < -0.3 is 20.6 Å². The molecule has 1 saturated heterocycles. The highest BCUT2D eigenvalue weighted by atomic mass is 16.3. The van der Waals surface area contributed by atoms with Gasteiger partial charge >= 0.3 is 0 Å². The quantitative estimate of drug-likeness (QED) is 0.421. The molecule has 0 bridgehead atoms. The number of fused-ring (bicyclic) bond motifs is 2. The van der Waals surface area contributed by atoms with Gasteiger partial charge in [-0.1, -0.05) is 6.92 Å². The van der Waals surface area contributed by atoms with Gasteiger partial charge in [-0.15, -0.1) is 0 Å². The summed E-state index contributed by atoms with van der Waals surface area (Å²) >= 11 is 0. The maximum atomic E-state index is 12.8. The predicted octanol–water partition coefficient (Wildman–Crippen LogP) is 2.75. The Morgan fingerprint density at radius 1 is 1.26 bits per heavy atom. The summed E-state index contributed by atoms with van der Waals surface area (Å²) in [5.74, 6) is 0.0755. The van der Waals surface area contributed by atoms with Gasteiger partial charge in [0.15, 0.2) is 5.82 Å². The first-order chi connectivity index (χ1) is 16.4. The molecule has 2 aromatic carbocycles. The number of carbonyl (C=O) groups excluding carboxylic acids is 1. The molecule has 0 aliphatic carbocycles. The number of phenols is 1. The first-order valence-corrected chi connectivity index (χ1v) is 11.6. The van der Waals surface area contributed by atoms with E-state index in [1.165, 1.54) is 0 Å². The summed E-state index contributed by atoms with van der Waals surface area (Å²) in [5.41, 5.74) is 3.83. The van der Waals surface area contributed by atoms with E-state index in [0.717, 1.165) is 42.6 Å². The molecule has 1 atom stereocenters. The number of hydrogen-bond acceptors (Lipinski definition) is 7. The van der Waals surface area contributed by atoms with Crippen LogP contribution in [0.4, 0.5) is 5.69 Å². The fraction of sp³-hybridized carbons (Fsp3) is 0.360. The molecule has 1 aliphatic heterocycles. The highest BCUT2D eigenvalue weighted by Gasteiger charge is 2.24. The van der Waals surface area contributed by atoms with Crippen LogP contribution in [0.3, 0.4) is 0 Å². The number of aromatic nitrogens is 4. The lowest BCUT2D eigenvalue weighted by atomic mass is 10.0. The van der Waals surface area contributed by atoms with E-state index in [1.807, 2.05) is 44.4 Å². The monoisotopic (exact) mass is 459 g/mol. The van der Waals surface area contributed by atoms with E-state index in [9.17, 15) is 9.90 Å². The van der Waals surface area contributed by atoms with Gasteiger partial charge in [-0.3, -0.25) is 9.48 Å². The first kappa shape index (κ1) is 22.1. The Labute approximate surface area is 197 Å². The molecule has 1 unspecified atom stereocenters. The van der Waals surface area contributed by atoms with E-state index in [1.54, 1.807) is 11.7 Å². The van der Waals surface area contributed by atoms with Crippen LogP contribution in [0, 0.1) is 6.92 Å². The maximum absolute atomic E-state index is 12.8. The summed E-state index contributed by atoms with van der Waals surface area (Å²) in [5, 5.41) is 23.1. The number of phenolic OH excluding ortho intramolecular Hbond substituents is 1. The van der Waals surface area contributed by atoms with E-state index in [0.29, 0.717) is 33.9 Å². The first-order valence-electron chi connectivity index (χ1n) is 11.6. The summed E-state index contributed by atoms with van der Waals surface area (Å²) < 4.78 is 1.71. The zero-order valence-electron chi connectivity index (χ0n) is 19.9. The summed E-state index contributed by atoms with van der Waals surface area (Å²) in [7, 11) is 3.43. The van der Waals surface area contributed by atoms with Crippen LogP contribution in [-0.4, -0.2) is 63.5 Å². The minimum Gasteiger partial charge on any atom is -0.507 e. The molecule has 0 spiro atoms. The number of amides is 1. The standard InChI is InChI=1S/C25H29N7O2/c1-5-27-16-8-9-32(13-16)17-6-7-20-18(11-17)22(25(34)26-3)29-24(28-20)19-10-15-12-31(4)30-21(15)14(2)23(19)33/h6-7,10-12,16,27,33H,5,8-9,13H2,1-4H3,(H,26,34). The average Bonchev–Trinajstić information content (AvgIpc) is 3.46. The van der Waals surface area contributed by atoms with Crippen LogP contribution in [0.15, 0.2) is 30.5 Å². The van der Waals surface area contributed by atoms with Crippen molar-refractivity contribution in [2.75, 3.05) is 31.6 Å². The molecule has 1 fully saturated rings. The number of nitrogens with zero attached hydrogens (tertiary/aromatic N) is 5. The molecular formula is C25H29N7O2. The molecular weight excluding hydrogens is 430 g/mol. The smallest absolute Gasteiger partial charge is 0.270 e. The number of nitrogens with one attached hydrogen (secondary N) is 2. The molecule has 3 N–H and O–H groups in total. The van der Waals surface area contributed by atoms with Crippen LogP contribution in [0.25, 0.3) is 33.2 Å². The predicted molar refractivity (Wildman–Crippen MR) is 133 cm³/mol. The van der Waals surface area contributed by atoms with E-state index in [2.05, 4.69) is 32.5 Å². The van der Waals surface area contributed by atoms with Crippen molar-refractivity contribution in [2.24, 2.45) is 7.05 Å². The number of rotatable bonds is 5. The molecule has 3 heterocycles. The highest BCUT2D eigenvalue weighted by Crippen LogP contribution is 2.36. The van der Waals surface area contributed by atoms with Gasteiger partial charge in [0.25, 0.3) is 5.91 Å². The van der Waals surface area contributed by atoms with Crippen LogP contribution in [0.1, 0.15) is 29.4 Å². The van der Waals surface area contributed by atoms with Crippen LogP contribution in [0.5, 0.6) is 5.75 Å². The Kier molecular flexibility index (Phi) is 5.57. The second-order valence-corrected chi connectivity index (χ2v) is 8.80. The Hall–Kier alpha value is -3.72. The number of carbonyl (C=O) groups is 1. The van der Waals surface area contributed by atoms with Crippen molar-refractivity contribution in [1.82, 2.24) is 30.4 Å². The van der Waals surface area contributed by atoms with Crippen molar-refractivity contribution in [1.29, 1.82) is 0 Å². The normalized spacial score (nSPS) is 16.0. The van der Waals surface area contributed by atoms with Crippen LogP contribution in [-0.2, 0) is 7.05 Å². The van der Waals surface area contributed by atoms with Crippen molar-refractivity contribution in [2.45, 2.75) is 26.3 Å². The molecule has 4 aromatic rings. The van der Waals surface area contributed by atoms with E-state index < -0.39 is 0 Å². The summed E-state index contributed by atoms with van der Waals surface area (Å²) in [6.45, 7) is 6.76. The SMILES string of the molecule is CCNC1CCN(c2ccc3nc(-c4cc5cn(C)nc5c(C)c4O)nc(C(=O)NC)c3c2)C1. The average molecular weight is 460 g/mol. The third-order valence-electron chi connectivity index (χ3n) is 6.53. The van der Waals surface area contributed by atoms with Crippen LogP contribution in [0.2, 0.25) is 0 Å². The second kappa shape index (κ2) is 8.57. The zero-order valence-corrected chi connectivity index (χ0v) is 19.9. The number of likely N-dealkylation sites (N-methyl/N-ethyl adjacent to an activating group) is 1. The lowest BCUT2D eigenvalue weighted by Crippen LogP contribution is -2.32. The molecule has 9 nitrogen and oxygen atoms in total. The lowest BCUT2D eigenvalue weighted by molar-refractivity contribution is 0.0960. The van der Waals surface area contributed by atoms with Crippen LogP contribution < -0.4 is 15.5 Å². The minimum atomic E-state index is -0.295. The van der Waals surface area contributed by atoms with Crippen molar-refractivity contribution in [3.63, 3.8) is 0 Å². The number of benzene rings is 2. The van der Waals surface area contributed by atoms with Gasteiger partial charge in [0.1, 0.15) is 11.4 Å². The van der Waals surface area contributed by atoms with Crippen molar-refractivity contribution < 1.29 is 9.90 Å². The third-order valence-corrected chi connectivity index (χ3v) is 6.53. The Morgan fingerprint density at radius 2 is 2.09 bits per heavy atom. The fourth-order valence-electron chi connectivity index (χ4n) is 4.79. The fourth-order valence-corrected chi connectivity index (χ4v) is 4.79. The molecule has 1 amide bonds. The second-order valence-electron chi connectivity index (χ2n) is 8.80.